The molecule has 4 nitrogen and oxygen atoms in total. The molecular weight excluding hydrogens is 387 g/mol. The molecule has 2 heterocycles. The highest BCUT2D eigenvalue weighted by atomic mass is 127. The van der Waals surface area contributed by atoms with E-state index in [0.29, 0.717) is 10.8 Å². The number of benzene rings is 1. The molecule has 3 rings (SSSR count). The van der Waals surface area contributed by atoms with Crippen molar-refractivity contribution in [2.75, 3.05) is 17.2 Å². The maximum atomic E-state index is 6.25. The van der Waals surface area contributed by atoms with Crippen molar-refractivity contribution < 1.29 is 0 Å². The summed E-state index contributed by atoms with van der Waals surface area (Å²) in [6.07, 6.45) is 1.55. The van der Waals surface area contributed by atoms with Crippen LogP contribution in [0, 0.1) is 3.57 Å². The van der Waals surface area contributed by atoms with Crippen LogP contribution in [0.15, 0.2) is 24.4 Å². The number of nitrogen functional groups attached to an aromatic ring is 1. The van der Waals surface area contributed by atoms with Crippen LogP contribution >= 0.6 is 34.2 Å². The van der Waals surface area contributed by atoms with Crippen LogP contribution in [0.1, 0.15) is 19.4 Å². The monoisotopic (exact) mass is 400 g/mol. The van der Waals surface area contributed by atoms with Crippen molar-refractivity contribution in [2.45, 2.75) is 19.3 Å². The van der Waals surface area contributed by atoms with Gasteiger partial charge in [0.05, 0.1) is 6.20 Å². The van der Waals surface area contributed by atoms with E-state index < -0.39 is 0 Å². The molecule has 0 radical (unpaired) electrons. The molecule has 0 fully saturated rings. The Bertz CT molecular complexity index is 687. The summed E-state index contributed by atoms with van der Waals surface area (Å²) in [5.41, 5.74) is 8.19. The van der Waals surface area contributed by atoms with Gasteiger partial charge in [-0.2, -0.15) is 4.98 Å². The number of halogens is 2. The molecule has 0 spiro atoms. The molecule has 1 aliphatic rings. The van der Waals surface area contributed by atoms with Crippen molar-refractivity contribution in [3.8, 4) is 0 Å². The summed E-state index contributed by atoms with van der Waals surface area (Å²) in [5, 5.41) is 0.515. The third kappa shape index (κ3) is 2.22. The van der Waals surface area contributed by atoms with Crippen LogP contribution in [0.4, 0.5) is 17.5 Å². The van der Waals surface area contributed by atoms with Crippen molar-refractivity contribution >= 4 is 51.6 Å². The Labute approximate surface area is 136 Å². The molecule has 1 aromatic carbocycles. The average Bonchev–Trinajstić information content (AvgIpc) is 2.64. The lowest BCUT2D eigenvalue weighted by Gasteiger charge is -2.22. The molecule has 0 saturated carbocycles. The van der Waals surface area contributed by atoms with Gasteiger partial charge in [0.15, 0.2) is 5.82 Å². The van der Waals surface area contributed by atoms with E-state index in [9.17, 15) is 0 Å². The van der Waals surface area contributed by atoms with Crippen LogP contribution in [-0.4, -0.2) is 16.5 Å². The second kappa shape index (κ2) is 4.73. The first-order chi connectivity index (χ1) is 9.38. The predicted octanol–water partition coefficient (Wildman–Crippen LogP) is 3.75. The molecule has 20 heavy (non-hydrogen) atoms. The number of anilines is 3. The zero-order valence-corrected chi connectivity index (χ0v) is 14.1. The van der Waals surface area contributed by atoms with Gasteiger partial charge in [-0.3, -0.25) is 0 Å². The normalized spacial score (nSPS) is 16.3. The van der Waals surface area contributed by atoms with Gasteiger partial charge in [0.25, 0.3) is 0 Å². The van der Waals surface area contributed by atoms with E-state index in [1.165, 1.54) is 9.13 Å². The van der Waals surface area contributed by atoms with Crippen molar-refractivity contribution in [3.63, 3.8) is 0 Å². The van der Waals surface area contributed by atoms with E-state index in [4.69, 9.17) is 17.3 Å². The van der Waals surface area contributed by atoms with Crippen LogP contribution in [0.5, 0.6) is 0 Å². The summed E-state index contributed by atoms with van der Waals surface area (Å²) in [4.78, 5) is 10.4. The quantitative estimate of drug-likeness (QED) is 0.741. The lowest BCUT2D eigenvalue weighted by atomic mass is 9.87. The second-order valence-electron chi connectivity index (χ2n) is 5.53. The topological polar surface area (TPSA) is 55.0 Å². The zero-order chi connectivity index (χ0) is 14.5. The van der Waals surface area contributed by atoms with Gasteiger partial charge in [0.1, 0.15) is 5.02 Å². The van der Waals surface area contributed by atoms with Crippen molar-refractivity contribution in [2.24, 2.45) is 0 Å². The molecule has 2 aromatic rings. The number of aromatic nitrogens is 2. The summed E-state index contributed by atoms with van der Waals surface area (Å²) < 4.78 is 1.18. The Hall–Kier alpha value is -1.08. The van der Waals surface area contributed by atoms with E-state index in [-0.39, 0.29) is 11.4 Å². The van der Waals surface area contributed by atoms with Crippen LogP contribution in [-0.2, 0) is 5.41 Å². The Morgan fingerprint density at radius 3 is 2.90 bits per heavy atom. The number of rotatable bonds is 1. The molecular formula is C14H14ClIN4. The van der Waals surface area contributed by atoms with Crippen LogP contribution in [0.25, 0.3) is 0 Å². The largest absolute Gasteiger partial charge is 0.368 e. The molecule has 0 saturated heterocycles. The SMILES string of the molecule is CC1(C)CN(c2nc(N)ncc2Cl)c2cc(I)ccc21. The van der Waals surface area contributed by atoms with Gasteiger partial charge >= 0.3 is 0 Å². The van der Waals surface area contributed by atoms with E-state index in [1.807, 2.05) is 0 Å². The minimum atomic E-state index is 0.0444. The molecule has 0 amide bonds. The van der Waals surface area contributed by atoms with Gasteiger partial charge in [-0.25, -0.2) is 4.98 Å². The first kappa shape index (κ1) is 13.9. The van der Waals surface area contributed by atoms with Gasteiger partial charge in [-0.15, -0.1) is 0 Å². The molecule has 6 heteroatoms. The minimum absolute atomic E-state index is 0.0444. The van der Waals surface area contributed by atoms with Crippen molar-refractivity contribution in [1.29, 1.82) is 0 Å². The zero-order valence-electron chi connectivity index (χ0n) is 11.2. The molecule has 2 N–H and O–H groups in total. The van der Waals surface area contributed by atoms with Crippen LogP contribution in [0.2, 0.25) is 5.02 Å². The molecule has 1 aliphatic heterocycles. The van der Waals surface area contributed by atoms with Crippen LogP contribution < -0.4 is 10.6 Å². The molecule has 1 aromatic heterocycles. The third-order valence-electron chi connectivity index (χ3n) is 3.53. The molecule has 0 unspecified atom stereocenters. The molecule has 0 atom stereocenters. The molecule has 0 bridgehead atoms. The number of nitrogens with zero attached hydrogens (tertiary/aromatic N) is 3. The third-order valence-corrected chi connectivity index (χ3v) is 4.47. The number of hydrogen-bond acceptors (Lipinski definition) is 4. The summed E-state index contributed by atoms with van der Waals surface area (Å²) in [6.45, 7) is 5.26. The highest BCUT2D eigenvalue weighted by Crippen LogP contribution is 2.45. The fraction of sp³-hybridized carbons (Fsp3) is 0.286. The van der Waals surface area contributed by atoms with Crippen molar-refractivity contribution in [3.05, 3.63) is 38.6 Å². The fourth-order valence-electron chi connectivity index (χ4n) is 2.62. The summed E-state index contributed by atoms with van der Waals surface area (Å²) in [7, 11) is 0. The first-order valence-corrected chi connectivity index (χ1v) is 7.70. The Morgan fingerprint density at radius 1 is 1.40 bits per heavy atom. The Kier molecular flexibility index (Phi) is 3.29. The summed E-state index contributed by atoms with van der Waals surface area (Å²) >= 11 is 8.56. The van der Waals surface area contributed by atoms with Gasteiger partial charge in [-0.05, 0) is 40.3 Å². The van der Waals surface area contributed by atoms with E-state index in [0.717, 1.165) is 12.2 Å². The fourth-order valence-corrected chi connectivity index (χ4v) is 3.28. The molecule has 0 aliphatic carbocycles. The van der Waals surface area contributed by atoms with Gasteiger partial charge in [0, 0.05) is 21.2 Å². The predicted molar refractivity (Wildman–Crippen MR) is 90.6 cm³/mol. The van der Waals surface area contributed by atoms with E-state index in [2.05, 4.69) is 69.5 Å². The standard InChI is InChI=1S/C14H14ClIN4/c1-14(2)7-20(11-5-8(16)3-4-9(11)14)12-10(15)6-18-13(17)19-12/h3-6H,7H2,1-2H3,(H2,17,18,19). The second-order valence-corrected chi connectivity index (χ2v) is 7.18. The number of nitrogens with two attached hydrogens (primary N) is 1. The van der Waals surface area contributed by atoms with Crippen molar-refractivity contribution in [1.82, 2.24) is 9.97 Å². The lowest BCUT2D eigenvalue weighted by molar-refractivity contribution is 0.568. The molecule has 104 valence electrons. The lowest BCUT2D eigenvalue weighted by Crippen LogP contribution is -2.26. The first-order valence-electron chi connectivity index (χ1n) is 6.24. The van der Waals surface area contributed by atoms with E-state index >= 15 is 0 Å². The van der Waals surface area contributed by atoms with Gasteiger partial charge in [-0.1, -0.05) is 31.5 Å². The maximum absolute atomic E-state index is 6.25. The van der Waals surface area contributed by atoms with Gasteiger partial charge in [0.2, 0.25) is 5.95 Å². The smallest absolute Gasteiger partial charge is 0.222 e. The Balaban J connectivity index is 2.18. The maximum Gasteiger partial charge on any atom is 0.222 e. The average molecular weight is 401 g/mol. The number of hydrogen-bond donors (Lipinski definition) is 1. The van der Waals surface area contributed by atoms with Gasteiger partial charge < -0.3 is 10.6 Å². The number of fused-ring (bicyclic) bond motifs is 1. The van der Waals surface area contributed by atoms with E-state index in [1.54, 1.807) is 6.20 Å². The van der Waals surface area contributed by atoms with Crippen LogP contribution in [0.3, 0.4) is 0 Å². The highest BCUT2D eigenvalue weighted by Gasteiger charge is 2.37. The Morgan fingerprint density at radius 2 is 2.15 bits per heavy atom. The summed E-state index contributed by atoms with van der Waals surface area (Å²) in [6, 6.07) is 6.45. The highest BCUT2D eigenvalue weighted by molar-refractivity contribution is 14.1. The minimum Gasteiger partial charge on any atom is -0.368 e. The summed E-state index contributed by atoms with van der Waals surface area (Å²) in [5.74, 6) is 0.911.